The maximum atomic E-state index is 3.68. The first kappa shape index (κ1) is 16.3. The van der Waals surface area contributed by atoms with Crippen molar-refractivity contribution in [3.8, 4) is 0 Å². The largest absolute Gasteiger partial charge is 0.310 e. The van der Waals surface area contributed by atoms with E-state index >= 15 is 0 Å². The summed E-state index contributed by atoms with van der Waals surface area (Å²) >= 11 is 3.56. The lowest BCUT2D eigenvalue weighted by Gasteiger charge is -2.20. The first-order chi connectivity index (χ1) is 10.2. The third-order valence-corrected chi connectivity index (χ3v) is 4.25. The number of hydrogen-bond acceptors (Lipinski definition) is 1. The molecule has 1 unspecified atom stereocenters. The average molecular weight is 346 g/mol. The van der Waals surface area contributed by atoms with Gasteiger partial charge in [-0.2, -0.15) is 0 Å². The molecule has 0 aromatic heterocycles. The molecule has 0 spiro atoms. The molecule has 112 valence electrons. The third-order valence-electron chi connectivity index (χ3n) is 3.76. The Labute approximate surface area is 136 Å². The summed E-state index contributed by atoms with van der Waals surface area (Å²) in [4.78, 5) is 0. The zero-order valence-corrected chi connectivity index (χ0v) is 14.5. The van der Waals surface area contributed by atoms with Gasteiger partial charge in [-0.15, -0.1) is 0 Å². The number of aryl methyl sites for hydroxylation is 1. The molecule has 0 fully saturated rings. The molecular weight excluding hydrogens is 322 g/mol. The summed E-state index contributed by atoms with van der Waals surface area (Å²) < 4.78 is 1.15. The van der Waals surface area contributed by atoms with Crippen molar-refractivity contribution in [1.82, 2.24) is 5.32 Å². The van der Waals surface area contributed by atoms with Crippen LogP contribution in [0.15, 0.2) is 53.0 Å². The minimum absolute atomic E-state index is 0.380. The second-order valence-corrected chi connectivity index (χ2v) is 6.35. The summed E-state index contributed by atoms with van der Waals surface area (Å²) in [5.74, 6) is 0. The van der Waals surface area contributed by atoms with Gasteiger partial charge in [0.05, 0.1) is 0 Å². The Morgan fingerprint density at radius 3 is 2.38 bits per heavy atom. The van der Waals surface area contributed by atoms with Gasteiger partial charge in [0.2, 0.25) is 0 Å². The molecule has 2 aromatic rings. The number of rotatable bonds is 7. The molecule has 1 atom stereocenters. The molecule has 0 saturated carbocycles. The fourth-order valence-corrected chi connectivity index (χ4v) is 2.96. The second-order valence-electron chi connectivity index (χ2n) is 5.44. The van der Waals surface area contributed by atoms with E-state index in [4.69, 9.17) is 0 Å². The van der Waals surface area contributed by atoms with E-state index < -0.39 is 0 Å². The lowest BCUT2D eigenvalue weighted by atomic mass is 9.97. The van der Waals surface area contributed by atoms with Gasteiger partial charge in [-0.25, -0.2) is 0 Å². The van der Waals surface area contributed by atoms with Gasteiger partial charge in [0, 0.05) is 10.5 Å². The quantitative estimate of drug-likeness (QED) is 0.718. The topological polar surface area (TPSA) is 12.0 Å². The summed E-state index contributed by atoms with van der Waals surface area (Å²) in [7, 11) is 0. The van der Waals surface area contributed by atoms with Gasteiger partial charge in [-0.05, 0) is 54.6 Å². The van der Waals surface area contributed by atoms with Crippen LogP contribution in [0.25, 0.3) is 0 Å². The zero-order chi connectivity index (χ0) is 15.1. The van der Waals surface area contributed by atoms with Crippen LogP contribution in [0, 0.1) is 0 Å². The summed E-state index contributed by atoms with van der Waals surface area (Å²) in [5.41, 5.74) is 4.13. The predicted molar refractivity (Wildman–Crippen MR) is 94.7 cm³/mol. The lowest BCUT2D eigenvalue weighted by Crippen LogP contribution is -2.24. The van der Waals surface area contributed by atoms with Crippen molar-refractivity contribution in [3.63, 3.8) is 0 Å². The van der Waals surface area contributed by atoms with Gasteiger partial charge in [-0.1, -0.05) is 66.2 Å². The van der Waals surface area contributed by atoms with E-state index in [1.807, 2.05) is 0 Å². The summed E-state index contributed by atoms with van der Waals surface area (Å²) in [6.45, 7) is 5.46. The van der Waals surface area contributed by atoms with E-state index in [0.29, 0.717) is 6.04 Å². The molecule has 0 bridgehead atoms. The Morgan fingerprint density at radius 1 is 1.00 bits per heavy atom. The van der Waals surface area contributed by atoms with Crippen molar-refractivity contribution in [2.24, 2.45) is 0 Å². The van der Waals surface area contributed by atoms with Gasteiger partial charge in [0.25, 0.3) is 0 Å². The Morgan fingerprint density at radius 2 is 1.76 bits per heavy atom. The molecule has 0 aliphatic heterocycles. The molecule has 0 amide bonds. The van der Waals surface area contributed by atoms with Crippen LogP contribution in [0.4, 0.5) is 0 Å². The van der Waals surface area contributed by atoms with Crippen LogP contribution in [0.5, 0.6) is 0 Å². The highest BCUT2D eigenvalue weighted by Crippen LogP contribution is 2.21. The van der Waals surface area contributed by atoms with E-state index in [9.17, 15) is 0 Å². The fourth-order valence-electron chi connectivity index (χ4n) is 2.51. The SMILES string of the molecule is CCCNC(Cc1cccc(Br)c1)c1ccc(CC)cc1. The van der Waals surface area contributed by atoms with Crippen molar-refractivity contribution in [2.75, 3.05) is 6.54 Å². The first-order valence-corrected chi connectivity index (χ1v) is 8.59. The average Bonchev–Trinajstić information content (AvgIpc) is 2.51. The monoisotopic (exact) mass is 345 g/mol. The van der Waals surface area contributed by atoms with E-state index in [1.54, 1.807) is 0 Å². The third kappa shape index (κ3) is 4.98. The Hall–Kier alpha value is -1.12. The van der Waals surface area contributed by atoms with Crippen molar-refractivity contribution in [3.05, 3.63) is 69.7 Å². The summed E-state index contributed by atoms with van der Waals surface area (Å²) in [6, 6.07) is 18.0. The summed E-state index contributed by atoms with van der Waals surface area (Å²) in [5, 5.41) is 3.68. The molecule has 2 heteroatoms. The molecular formula is C19H24BrN. The van der Waals surface area contributed by atoms with Crippen molar-refractivity contribution in [2.45, 2.75) is 39.2 Å². The molecule has 0 aliphatic rings. The smallest absolute Gasteiger partial charge is 0.0360 e. The molecule has 1 N–H and O–H groups in total. The Kier molecular flexibility index (Phi) is 6.47. The van der Waals surface area contributed by atoms with Crippen molar-refractivity contribution >= 4 is 15.9 Å². The maximum absolute atomic E-state index is 3.68. The summed E-state index contributed by atoms with van der Waals surface area (Å²) in [6.07, 6.45) is 3.27. The minimum atomic E-state index is 0.380. The highest BCUT2D eigenvalue weighted by atomic mass is 79.9. The van der Waals surface area contributed by atoms with Crippen LogP contribution in [-0.2, 0) is 12.8 Å². The maximum Gasteiger partial charge on any atom is 0.0360 e. The lowest BCUT2D eigenvalue weighted by molar-refractivity contribution is 0.529. The molecule has 0 aliphatic carbocycles. The van der Waals surface area contributed by atoms with Crippen LogP contribution < -0.4 is 5.32 Å². The standard InChI is InChI=1S/C19H24BrN/c1-3-12-21-19(14-16-6-5-7-18(20)13-16)17-10-8-15(4-2)9-11-17/h5-11,13,19,21H,3-4,12,14H2,1-2H3. The number of nitrogens with one attached hydrogen (secondary N) is 1. The number of hydrogen-bond donors (Lipinski definition) is 1. The molecule has 0 radical (unpaired) electrons. The molecule has 0 saturated heterocycles. The van der Waals surface area contributed by atoms with Crippen LogP contribution in [0.2, 0.25) is 0 Å². The molecule has 2 aromatic carbocycles. The highest BCUT2D eigenvalue weighted by molar-refractivity contribution is 9.10. The Balaban J connectivity index is 2.16. The van der Waals surface area contributed by atoms with Gasteiger partial charge in [0.15, 0.2) is 0 Å². The molecule has 0 heterocycles. The van der Waals surface area contributed by atoms with E-state index in [-0.39, 0.29) is 0 Å². The first-order valence-electron chi connectivity index (χ1n) is 7.79. The van der Waals surface area contributed by atoms with Crippen molar-refractivity contribution in [1.29, 1.82) is 0 Å². The molecule has 1 nitrogen and oxygen atoms in total. The second kappa shape index (κ2) is 8.35. The van der Waals surface area contributed by atoms with Crippen molar-refractivity contribution < 1.29 is 0 Å². The van der Waals surface area contributed by atoms with Crippen LogP contribution in [0.1, 0.15) is 43.0 Å². The normalized spacial score (nSPS) is 12.3. The number of halogens is 1. The highest BCUT2D eigenvalue weighted by Gasteiger charge is 2.11. The zero-order valence-electron chi connectivity index (χ0n) is 12.9. The van der Waals surface area contributed by atoms with Gasteiger partial charge < -0.3 is 5.32 Å². The van der Waals surface area contributed by atoms with E-state index in [1.165, 1.54) is 16.7 Å². The fraction of sp³-hybridized carbons (Fsp3) is 0.368. The van der Waals surface area contributed by atoms with Gasteiger partial charge in [-0.3, -0.25) is 0 Å². The van der Waals surface area contributed by atoms with E-state index in [2.05, 4.69) is 83.6 Å². The van der Waals surface area contributed by atoms with Crippen LogP contribution >= 0.6 is 15.9 Å². The van der Waals surface area contributed by atoms with Gasteiger partial charge >= 0.3 is 0 Å². The minimum Gasteiger partial charge on any atom is -0.310 e. The predicted octanol–water partition coefficient (Wildman–Crippen LogP) is 5.29. The Bertz CT molecular complexity index is 548. The van der Waals surface area contributed by atoms with Gasteiger partial charge in [0.1, 0.15) is 0 Å². The van der Waals surface area contributed by atoms with E-state index in [0.717, 1.165) is 30.3 Å². The van der Waals surface area contributed by atoms with Crippen LogP contribution in [-0.4, -0.2) is 6.54 Å². The molecule has 21 heavy (non-hydrogen) atoms. The molecule has 2 rings (SSSR count). The van der Waals surface area contributed by atoms with Crippen LogP contribution in [0.3, 0.4) is 0 Å². The number of benzene rings is 2.